The van der Waals surface area contributed by atoms with E-state index in [2.05, 4.69) is 54.7 Å². The van der Waals surface area contributed by atoms with Gasteiger partial charge in [0.1, 0.15) is 5.78 Å². The molecule has 0 fully saturated rings. The third-order valence-corrected chi connectivity index (χ3v) is 4.24. The molecule has 23 heavy (non-hydrogen) atoms. The molecule has 0 atom stereocenters. The molecule has 0 aromatic heterocycles. The number of carbonyl (C=O) groups excluding carboxylic acids is 1. The summed E-state index contributed by atoms with van der Waals surface area (Å²) in [6.07, 6.45) is 3.80. The first-order chi connectivity index (χ1) is 11.1. The van der Waals surface area contributed by atoms with E-state index >= 15 is 0 Å². The zero-order valence-electron chi connectivity index (χ0n) is 14.5. The molecule has 2 nitrogen and oxygen atoms in total. The van der Waals surface area contributed by atoms with Gasteiger partial charge in [-0.25, -0.2) is 0 Å². The van der Waals surface area contributed by atoms with Gasteiger partial charge in [0.15, 0.2) is 0 Å². The van der Waals surface area contributed by atoms with E-state index in [9.17, 15) is 4.79 Å². The zero-order valence-corrected chi connectivity index (χ0v) is 14.5. The molecule has 2 heteroatoms. The first-order valence-electron chi connectivity index (χ1n) is 8.43. The van der Waals surface area contributed by atoms with Gasteiger partial charge in [-0.05, 0) is 68.0 Å². The monoisotopic (exact) mass is 309 g/mol. The molecule has 0 spiro atoms. The molecule has 0 aliphatic rings. The fourth-order valence-electron chi connectivity index (χ4n) is 2.83. The lowest BCUT2D eigenvalue weighted by Gasteiger charge is -2.10. The van der Waals surface area contributed by atoms with Gasteiger partial charge < -0.3 is 10.1 Å². The van der Waals surface area contributed by atoms with Gasteiger partial charge in [-0.2, -0.15) is 0 Å². The Kier molecular flexibility index (Phi) is 6.54. The predicted octanol–water partition coefficient (Wildman–Crippen LogP) is 4.68. The first kappa shape index (κ1) is 17.4. The highest BCUT2D eigenvalue weighted by molar-refractivity contribution is 5.75. The van der Waals surface area contributed by atoms with Gasteiger partial charge in [0, 0.05) is 13.0 Å². The number of unbranched alkanes of at least 4 members (excludes halogenated alkanes) is 1. The van der Waals surface area contributed by atoms with E-state index in [1.807, 2.05) is 7.05 Å². The lowest BCUT2D eigenvalue weighted by molar-refractivity contribution is -0.117. The van der Waals surface area contributed by atoms with E-state index in [1.54, 1.807) is 6.92 Å². The van der Waals surface area contributed by atoms with Crippen molar-refractivity contribution in [2.45, 2.75) is 46.1 Å². The van der Waals surface area contributed by atoms with E-state index in [0.29, 0.717) is 6.42 Å². The lowest BCUT2D eigenvalue weighted by atomic mass is 9.96. The van der Waals surface area contributed by atoms with Crippen molar-refractivity contribution in [3.05, 3.63) is 59.2 Å². The second kappa shape index (κ2) is 8.64. The van der Waals surface area contributed by atoms with Crippen LogP contribution in [-0.4, -0.2) is 12.8 Å². The summed E-state index contributed by atoms with van der Waals surface area (Å²) in [4.78, 5) is 11.0. The molecular weight excluding hydrogens is 282 g/mol. The van der Waals surface area contributed by atoms with E-state index in [4.69, 9.17) is 0 Å². The maximum absolute atomic E-state index is 11.0. The number of aryl methyl sites for hydroxylation is 2. The summed E-state index contributed by atoms with van der Waals surface area (Å²) in [6.45, 7) is 4.74. The molecule has 2 aromatic carbocycles. The molecule has 0 saturated heterocycles. The minimum absolute atomic E-state index is 0.289. The molecule has 1 N–H and O–H groups in total. The molecule has 0 bridgehead atoms. The quantitative estimate of drug-likeness (QED) is 0.717. The Hall–Kier alpha value is -1.93. The standard InChI is InChI=1S/C21H27NO/c1-16-8-11-21(14-20(16)7-5-4-6-17(2)23)19-12-9-18(10-13-19)15-22-3/h8-14,22H,4-7,15H2,1-3H3. The second-order valence-electron chi connectivity index (χ2n) is 6.28. The van der Waals surface area contributed by atoms with Crippen molar-refractivity contribution in [1.29, 1.82) is 0 Å². The van der Waals surface area contributed by atoms with Crippen molar-refractivity contribution in [3.63, 3.8) is 0 Å². The average molecular weight is 309 g/mol. The number of hydrogen-bond donors (Lipinski definition) is 1. The van der Waals surface area contributed by atoms with Crippen molar-refractivity contribution in [1.82, 2.24) is 5.32 Å². The van der Waals surface area contributed by atoms with Gasteiger partial charge in [-0.3, -0.25) is 0 Å². The highest BCUT2D eigenvalue weighted by Gasteiger charge is 2.04. The maximum atomic E-state index is 11.0. The summed E-state index contributed by atoms with van der Waals surface area (Å²) in [5, 5.41) is 3.17. The first-order valence-corrected chi connectivity index (χ1v) is 8.43. The van der Waals surface area contributed by atoms with Crippen LogP contribution in [0.15, 0.2) is 42.5 Å². The van der Waals surface area contributed by atoms with E-state index in [0.717, 1.165) is 25.8 Å². The Morgan fingerprint density at radius 3 is 2.35 bits per heavy atom. The van der Waals surface area contributed by atoms with Crippen LogP contribution in [0, 0.1) is 6.92 Å². The summed E-state index contributed by atoms with van der Waals surface area (Å²) in [6, 6.07) is 15.4. The van der Waals surface area contributed by atoms with Gasteiger partial charge >= 0.3 is 0 Å². The van der Waals surface area contributed by atoms with Crippen LogP contribution in [0.5, 0.6) is 0 Å². The number of carbonyl (C=O) groups is 1. The normalized spacial score (nSPS) is 10.7. The Bertz CT molecular complexity index is 643. The Labute approximate surface area is 139 Å². The van der Waals surface area contributed by atoms with Crippen molar-refractivity contribution >= 4 is 5.78 Å². The van der Waals surface area contributed by atoms with Crippen LogP contribution >= 0.6 is 0 Å². The van der Waals surface area contributed by atoms with Crippen LogP contribution in [-0.2, 0) is 17.8 Å². The Balaban J connectivity index is 2.08. The molecule has 2 aromatic rings. The number of rotatable bonds is 8. The number of nitrogens with one attached hydrogen (secondary N) is 1. The average Bonchev–Trinajstić information content (AvgIpc) is 2.54. The summed E-state index contributed by atoms with van der Waals surface area (Å²) < 4.78 is 0. The number of Topliss-reactive ketones (excluding diaryl/α,β-unsaturated/α-hetero) is 1. The molecule has 0 saturated carbocycles. The lowest BCUT2D eigenvalue weighted by Crippen LogP contribution is -2.04. The SMILES string of the molecule is CNCc1ccc(-c2ccc(C)c(CCCCC(C)=O)c2)cc1. The molecule has 0 radical (unpaired) electrons. The number of benzene rings is 2. The number of hydrogen-bond acceptors (Lipinski definition) is 2. The van der Waals surface area contributed by atoms with Crippen molar-refractivity contribution in [3.8, 4) is 11.1 Å². The molecule has 0 unspecified atom stereocenters. The summed E-state index contributed by atoms with van der Waals surface area (Å²) in [7, 11) is 1.96. The Morgan fingerprint density at radius 1 is 1.00 bits per heavy atom. The van der Waals surface area contributed by atoms with Crippen molar-refractivity contribution in [2.24, 2.45) is 0 Å². The molecule has 122 valence electrons. The smallest absolute Gasteiger partial charge is 0.129 e. The fourth-order valence-corrected chi connectivity index (χ4v) is 2.83. The molecule has 0 aliphatic carbocycles. The van der Waals surface area contributed by atoms with Crippen LogP contribution in [0.1, 0.15) is 42.9 Å². The van der Waals surface area contributed by atoms with Crippen LogP contribution < -0.4 is 5.32 Å². The fraction of sp³-hybridized carbons (Fsp3) is 0.381. The van der Waals surface area contributed by atoms with E-state index < -0.39 is 0 Å². The second-order valence-corrected chi connectivity index (χ2v) is 6.28. The Morgan fingerprint density at radius 2 is 1.70 bits per heavy atom. The zero-order chi connectivity index (χ0) is 16.7. The number of ketones is 1. The molecular formula is C21H27NO. The molecule has 0 amide bonds. The minimum Gasteiger partial charge on any atom is -0.316 e. The summed E-state index contributed by atoms with van der Waals surface area (Å²) in [5.41, 5.74) is 6.56. The largest absolute Gasteiger partial charge is 0.316 e. The predicted molar refractivity (Wildman–Crippen MR) is 97.6 cm³/mol. The van der Waals surface area contributed by atoms with Gasteiger partial charge in [0.2, 0.25) is 0 Å². The van der Waals surface area contributed by atoms with Crippen LogP contribution in [0.4, 0.5) is 0 Å². The van der Waals surface area contributed by atoms with E-state index in [-0.39, 0.29) is 5.78 Å². The molecule has 2 rings (SSSR count). The van der Waals surface area contributed by atoms with Crippen LogP contribution in [0.3, 0.4) is 0 Å². The van der Waals surface area contributed by atoms with Gasteiger partial charge in [-0.15, -0.1) is 0 Å². The highest BCUT2D eigenvalue weighted by atomic mass is 16.1. The molecule has 0 heterocycles. The van der Waals surface area contributed by atoms with Crippen molar-refractivity contribution in [2.75, 3.05) is 7.05 Å². The minimum atomic E-state index is 0.289. The van der Waals surface area contributed by atoms with Gasteiger partial charge in [0.05, 0.1) is 0 Å². The van der Waals surface area contributed by atoms with E-state index in [1.165, 1.54) is 27.8 Å². The van der Waals surface area contributed by atoms with Crippen LogP contribution in [0.2, 0.25) is 0 Å². The highest BCUT2D eigenvalue weighted by Crippen LogP contribution is 2.24. The van der Waals surface area contributed by atoms with Crippen molar-refractivity contribution < 1.29 is 4.79 Å². The topological polar surface area (TPSA) is 29.1 Å². The summed E-state index contributed by atoms with van der Waals surface area (Å²) in [5.74, 6) is 0.289. The third-order valence-electron chi connectivity index (χ3n) is 4.24. The molecule has 0 aliphatic heterocycles. The van der Waals surface area contributed by atoms with Gasteiger partial charge in [-0.1, -0.05) is 42.5 Å². The maximum Gasteiger partial charge on any atom is 0.129 e. The van der Waals surface area contributed by atoms with Gasteiger partial charge in [0.25, 0.3) is 0 Å². The summed E-state index contributed by atoms with van der Waals surface area (Å²) >= 11 is 0. The third kappa shape index (κ3) is 5.33. The van der Waals surface area contributed by atoms with Crippen LogP contribution in [0.25, 0.3) is 11.1 Å².